The van der Waals surface area contributed by atoms with E-state index in [-0.39, 0.29) is 0 Å². The summed E-state index contributed by atoms with van der Waals surface area (Å²) in [7, 11) is 0. The molecule has 0 aromatic carbocycles. The third-order valence-electron chi connectivity index (χ3n) is 0.918. The molecule has 0 N–H and O–H groups in total. The molecule has 0 atom stereocenters. The van der Waals surface area contributed by atoms with Crippen LogP contribution in [0.5, 0.6) is 0 Å². The van der Waals surface area contributed by atoms with Crippen molar-refractivity contribution in [3.63, 3.8) is 0 Å². The molecule has 1 rings (SSSR count). The van der Waals surface area contributed by atoms with Crippen molar-refractivity contribution in [2.24, 2.45) is 0 Å². The van der Waals surface area contributed by atoms with Gasteiger partial charge in [-0.2, -0.15) is 11.4 Å². The van der Waals surface area contributed by atoms with Crippen LogP contribution in [-0.4, -0.2) is 15.2 Å². The molecule has 2 heteroatoms. The molecule has 0 aliphatic carbocycles. The zero-order valence-electron chi connectivity index (χ0n) is 7.18. The predicted molar refractivity (Wildman–Crippen MR) is 46.7 cm³/mol. The number of nitrogens with zero attached hydrogens (tertiary/aromatic N) is 1. The second-order valence-corrected chi connectivity index (χ2v) is 3.46. The summed E-state index contributed by atoms with van der Waals surface area (Å²) in [5, 5.41) is 0. The van der Waals surface area contributed by atoms with Crippen molar-refractivity contribution in [3.8, 4) is 0 Å². The summed E-state index contributed by atoms with van der Waals surface area (Å²) in [4.78, 5) is 4.11. The van der Waals surface area contributed by atoms with E-state index in [2.05, 4.69) is 16.6 Å². The first-order chi connectivity index (χ1) is 4.70. The van der Waals surface area contributed by atoms with Crippen LogP contribution >= 0.6 is 0 Å². The third-order valence-corrected chi connectivity index (χ3v) is 0.918. The molecule has 1 aromatic heterocycles. The number of aromatic nitrogens is 1. The molecular formula is C8H14AlN. The normalized spacial score (nSPS) is 7.60. The van der Waals surface area contributed by atoms with E-state index < -0.39 is 0 Å². The summed E-state index contributed by atoms with van der Waals surface area (Å²) in [6.45, 7) is 3.99. The molecule has 0 unspecified atom stereocenters. The molecule has 0 aliphatic rings. The Morgan fingerprint density at radius 3 is 1.50 bits per heavy atom. The molecule has 54 valence electrons. The first kappa shape index (κ1) is 9.81. The van der Waals surface area contributed by atoms with Crippen LogP contribution < -0.4 is 4.98 Å². The average molecular weight is 151 g/mol. The van der Waals surface area contributed by atoms with Gasteiger partial charge >= 0.3 is 26.8 Å². The number of hydrogen-bond donors (Lipinski definition) is 0. The quantitative estimate of drug-likeness (QED) is 0.517. The van der Waals surface area contributed by atoms with E-state index in [4.69, 9.17) is 0 Å². The summed E-state index contributed by atoms with van der Waals surface area (Å²) in [6.07, 6.45) is 0. The van der Waals surface area contributed by atoms with E-state index in [0.717, 1.165) is 26.6 Å². The fourth-order valence-electron chi connectivity index (χ4n) is 0.594. The van der Waals surface area contributed by atoms with Crippen molar-refractivity contribution < 1.29 is 0 Å². The number of aryl methyl sites for hydroxylation is 2. The summed E-state index contributed by atoms with van der Waals surface area (Å²) >= 11 is 0.750. The van der Waals surface area contributed by atoms with Gasteiger partial charge in [0.25, 0.3) is 0 Å². The maximum absolute atomic E-state index is 4.11. The van der Waals surface area contributed by atoms with E-state index in [1.165, 1.54) is 0 Å². The van der Waals surface area contributed by atoms with E-state index in [1.807, 2.05) is 26.0 Å². The van der Waals surface area contributed by atoms with Gasteiger partial charge in [0.05, 0.1) is 0 Å². The first-order valence-electron chi connectivity index (χ1n) is 3.51. The van der Waals surface area contributed by atoms with Crippen molar-refractivity contribution in [2.45, 2.75) is 25.4 Å². The van der Waals surface area contributed by atoms with Crippen LogP contribution in [-0.2, 0) is 0 Å². The topological polar surface area (TPSA) is 14.1 Å². The molecule has 1 nitrogen and oxygen atoms in total. The molecule has 0 bridgehead atoms. The van der Waals surface area contributed by atoms with Crippen LogP contribution in [0.2, 0.25) is 11.6 Å². The number of hydrogen-bond acceptors (Lipinski definition) is 0. The Morgan fingerprint density at radius 2 is 1.40 bits per heavy atom. The summed E-state index contributed by atoms with van der Waals surface area (Å²) in [5.74, 6) is 4.42. The van der Waals surface area contributed by atoms with Gasteiger partial charge in [0, 0.05) is 0 Å². The SMILES string of the molecule is Cc1ccc(C)[n-]1.[CH3][Al+][CH3]. The Kier molecular flexibility index (Phi) is 5.48. The zero-order chi connectivity index (χ0) is 7.98. The molecule has 0 aliphatic heterocycles. The second kappa shape index (κ2) is 5.59. The van der Waals surface area contributed by atoms with Crippen molar-refractivity contribution in [2.75, 3.05) is 0 Å². The molecule has 1 aromatic rings. The van der Waals surface area contributed by atoms with Gasteiger partial charge in [-0.25, -0.2) is 0 Å². The van der Waals surface area contributed by atoms with E-state index >= 15 is 0 Å². The molecule has 0 spiro atoms. The van der Waals surface area contributed by atoms with E-state index in [1.54, 1.807) is 0 Å². The Morgan fingerprint density at radius 1 is 1.10 bits per heavy atom. The standard InChI is InChI=1S/C6H8N.2CH3.Al/c1-5-3-4-6(2)7-5;;;/h3-4H,1-2H3;2*1H3;/q-1;;;+1. The van der Waals surface area contributed by atoms with Gasteiger partial charge in [-0.3, -0.25) is 0 Å². The summed E-state index contributed by atoms with van der Waals surface area (Å²) in [5.41, 5.74) is 2.22. The Bertz CT molecular complexity index is 153. The van der Waals surface area contributed by atoms with Crippen molar-refractivity contribution in [1.29, 1.82) is 0 Å². The molecular weight excluding hydrogens is 137 g/mol. The van der Waals surface area contributed by atoms with Crippen LogP contribution in [0, 0.1) is 13.8 Å². The molecule has 0 saturated carbocycles. The fourth-order valence-corrected chi connectivity index (χ4v) is 0.594. The average Bonchev–Trinajstić information content (AvgIpc) is 2.17. The van der Waals surface area contributed by atoms with Gasteiger partial charge in [0.15, 0.2) is 0 Å². The maximum atomic E-state index is 4.11. The van der Waals surface area contributed by atoms with Gasteiger partial charge < -0.3 is 4.98 Å². The molecule has 10 heavy (non-hydrogen) atoms. The Balaban J connectivity index is 0.000000236. The van der Waals surface area contributed by atoms with Crippen molar-refractivity contribution in [3.05, 3.63) is 23.5 Å². The van der Waals surface area contributed by atoms with Crippen LogP contribution in [0.25, 0.3) is 0 Å². The second-order valence-electron chi connectivity index (χ2n) is 2.31. The van der Waals surface area contributed by atoms with Crippen LogP contribution in [0.4, 0.5) is 0 Å². The van der Waals surface area contributed by atoms with Crippen molar-refractivity contribution >= 4 is 15.2 Å². The molecule has 0 amide bonds. The summed E-state index contributed by atoms with van der Waals surface area (Å²) in [6, 6.07) is 4.02. The van der Waals surface area contributed by atoms with E-state index in [9.17, 15) is 0 Å². The van der Waals surface area contributed by atoms with Crippen LogP contribution in [0.15, 0.2) is 12.1 Å². The Labute approximate surface area is 69.6 Å². The molecule has 0 radical (unpaired) electrons. The monoisotopic (exact) mass is 151 g/mol. The zero-order valence-corrected chi connectivity index (χ0v) is 8.33. The van der Waals surface area contributed by atoms with E-state index in [0.29, 0.717) is 0 Å². The van der Waals surface area contributed by atoms with Gasteiger partial charge in [-0.15, -0.1) is 0 Å². The molecule has 0 fully saturated rings. The molecule has 0 saturated heterocycles. The molecule has 1 heterocycles. The van der Waals surface area contributed by atoms with Gasteiger partial charge in [0.1, 0.15) is 0 Å². The van der Waals surface area contributed by atoms with Gasteiger partial charge in [-0.05, 0) is 0 Å². The first-order valence-corrected chi connectivity index (χ1v) is 5.82. The van der Waals surface area contributed by atoms with Crippen LogP contribution in [0.3, 0.4) is 0 Å². The van der Waals surface area contributed by atoms with Crippen molar-refractivity contribution in [1.82, 2.24) is 4.98 Å². The third kappa shape index (κ3) is 4.67. The van der Waals surface area contributed by atoms with Gasteiger partial charge in [0.2, 0.25) is 0 Å². The summed E-state index contributed by atoms with van der Waals surface area (Å²) < 4.78 is 0. The van der Waals surface area contributed by atoms with Gasteiger partial charge in [-0.1, -0.05) is 26.0 Å². The predicted octanol–water partition coefficient (Wildman–Crippen LogP) is 2.05. The van der Waals surface area contributed by atoms with Crippen LogP contribution in [0.1, 0.15) is 11.4 Å². The minimum absolute atomic E-state index is 0.750. The Hall–Kier alpha value is -0.188. The minimum atomic E-state index is 0.750. The fraction of sp³-hybridized carbons (Fsp3) is 0.500. The number of rotatable bonds is 0.